The lowest BCUT2D eigenvalue weighted by Crippen LogP contribution is -2.50. The molecule has 0 spiro atoms. The first-order valence-corrected chi connectivity index (χ1v) is 10.1. The number of benzene rings is 1. The Morgan fingerprint density at radius 3 is 2.10 bits per heavy atom. The molecule has 1 N–H and O–H groups in total. The van der Waals surface area contributed by atoms with Crippen LogP contribution in [0.4, 0.5) is 0 Å². The molecule has 2 heterocycles. The first-order valence-electron chi connectivity index (χ1n) is 10.1. The van der Waals surface area contributed by atoms with Crippen LogP contribution in [-0.4, -0.2) is 60.2 Å². The number of nitrogens with zero attached hydrogens (tertiary/aromatic N) is 2. The Kier molecular flexibility index (Phi) is 7.05. The van der Waals surface area contributed by atoms with Gasteiger partial charge in [0.25, 0.3) is 17.7 Å². The van der Waals surface area contributed by atoms with Gasteiger partial charge in [-0.1, -0.05) is 19.8 Å². The van der Waals surface area contributed by atoms with Crippen molar-refractivity contribution in [2.24, 2.45) is 0 Å². The minimum atomic E-state index is -0.156. The number of furan rings is 1. The molecular weight excluding hydrogens is 370 g/mol. The molecule has 0 bridgehead atoms. The zero-order chi connectivity index (χ0) is 20.6. The topological polar surface area (TPSA) is 82.9 Å². The maximum Gasteiger partial charge on any atom is 0.289 e. The minimum absolute atomic E-state index is 0.0926. The number of piperazine rings is 1. The number of unbranched alkanes of at least 4 members (excludes halogenated alkanes) is 2. The summed E-state index contributed by atoms with van der Waals surface area (Å²) in [5.41, 5.74) is 1.09. The van der Waals surface area contributed by atoms with Crippen LogP contribution in [0.15, 0.2) is 47.1 Å². The molecule has 0 radical (unpaired) electrons. The largest absolute Gasteiger partial charge is 0.459 e. The van der Waals surface area contributed by atoms with E-state index in [-0.39, 0.29) is 17.7 Å². The third kappa shape index (κ3) is 5.25. The zero-order valence-corrected chi connectivity index (χ0v) is 16.7. The normalized spacial score (nSPS) is 14.0. The second-order valence-electron chi connectivity index (χ2n) is 7.10. The summed E-state index contributed by atoms with van der Waals surface area (Å²) < 4.78 is 5.15. The van der Waals surface area contributed by atoms with E-state index in [1.807, 2.05) is 0 Å². The SMILES string of the molecule is CCCCCNC(=O)c1ccc(C(=O)N2CCN(C(=O)c3ccco3)CC2)cc1. The molecule has 0 saturated carbocycles. The summed E-state index contributed by atoms with van der Waals surface area (Å²) in [6, 6.07) is 10.1. The summed E-state index contributed by atoms with van der Waals surface area (Å²) in [5.74, 6) is -0.0557. The quantitative estimate of drug-likeness (QED) is 0.729. The van der Waals surface area contributed by atoms with Crippen LogP contribution in [-0.2, 0) is 0 Å². The lowest BCUT2D eigenvalue weighted by molar-refractivity contribution is 0.0518. The first-order chi connectivity index (χ1) is 14.1. The Bertz CT molecular complexity index is 822. The van der Waals surface area contributed by atoms with E-state index in [1.54, 1.807) is 46.2 Å². The Morgan fingerprint density at radius 2 is 1.52 bits per heavy atom. The Hall–Kier alpha value is -3.09. The first kappa shape index (κ1) is 20.6. The lowest BCUT2D eigenvalue weighted by atomic mass is 10.1. The number of amides is 3. The zero-order valence-electron chi connectivity index (χ0n) is 16.7. The highest BCUT2D eigenvalue weighted by molar-refractivity contribution is 5.98. The van der Waals surface area contributed by atoms with Crippen LogP contribution in [0.2, 0.25) is 0 Å². The fourth-order valence-electron chi connectivity index (χ4n) is 3.29. The second kappa shape index (κ2) is 9.91. The third-order valence-electron chi connectivity index (χ3n) is 5.05. The van der Waals surface area contributed by atoms with E-state index in [0.29, 0.717) is 49.6 Å². The monoisotopic (exact) mass is 397 g/mol. The molecule has 1 aromatic heterocycles. The van der Waals surface area contributed by atoms with Gasteiger partial charge in [-0.25, -0.2) is 0 Å². The highest BCUT2D eigenvalue weighted by Crippen LogP contribution is 2.13. The molecule has 1 aliphatic heterocycles. The molecule has 29 heavy (non-hydrogen) atoms. The maximum absolute atomic E-state index is 12.7. The maximum atomic E-state index is 12.7. The average Bonchev–Trinajstić information content (AvgIpc) is 3.31. The summed E-state index contributed by atoms with van der Waals surface area (Å²) in [6.45, 7) is 4.63. The van der Waals surface area contributed by atoms with Crippen LogP contribution < -0.4 is 5.32 Å². The summed E-state index contributed by atoms with van der Waals surface area (Å²) in [7, 11) is 0. The molecule has 1 aliphatic rings. The molecule has 0 unspecified atom stereocenters. The number of nitrogens with one attached hydrogen (secondary N) is 1. The van der Waals surface area contributed by atoms with E-state index in [9.17, 15) is 14.4 Å². The smallest absolute Gasteiger partial charge is 0.289 e. The molecular formula is C22H27N3O4. The predicted molar refractivity (Wildman–Crippen MR) is 109 cm³/mol. The van der Waals surface area contributed by atoms with Crippen molar-refractivity contribution in [3.63, 3.8) is 0 Å². The molecule has 0 atom stereocenters. The summed E-state index contributed by atoms with van der Waals surface area (Å²) in [4.78, 5) is 40.6. The molecule has 7 nitrogen and oxygen atoms in total. The number of hydrogen-bond donors (Lipinski definition) is 1. The molecule has 3 rings (SSSR count). The van der Waals surface area contributed by atoms with Crippen LogP contribution >= 0.6 is 0 Å². The fourth-order valence-corrected chi connectivity index (χ4v) is 3.29. The lowest BCUT2D eigenvalue weighted by Gasteiger charge is -2.34. The number of rotatable bonds is 7. The van der Waals surface area contributed by atoms with Gasteiger partial charge in [0, 0.05) is 43.9 Å². The molecule has 1 saturated heterocycles. The van der Waals surface area contributed by atoms with Gasteiger partial charge in [-0.05, 0) is 42.8 Å². The third-order valence-corrected chi connectivity index (χ3v) is 5.05. The van der Waals surface area contributed by atoms with E-state index in [4.69, 9.17) is 4.42 Å². The summed E-state index contributed by atoms with van der Waals surface area (Å²) in [6.07, 6.45) is 4.64. The van der Waals surface area contributed by atoms with Crippen LogP contribution in [0, 0.1) is 0 Å². The Labute approximate surface area is 170 Å². The van der Waals surface area contributed by atoms with Gasteiger partial charge in [0.2, 0.25) is 0 Å². The predicted octanol–water partition coefficient (Wildman–Crippen LogP) is 2.80. The molecule has 1 fully saturated rings. The number of hydrogen-bond acceptors (Lipinski definition) is 4. The highest BCUT2D eigenvalue weighted by atomic mass is 16.3. The van der Waals surface area contributed by atoms with Gasteiger partial charge in [-0.3, -0.25) is 14.4 Å². The van der Waals surface area contributed by atoms with Crippen LogP contribution in [0.3, 0.4) is 0 Å². The van der Waals surface area contributed by atoms with Crippen molar-refractivity contribution < 1.29 is 18.8 Å². The molecule has 2 aromatic rings. The van der Waals surface area contributed by atoms with Crippen molar-refractivity contribution in [1.82, 2.24) is 15.1 Å². The van der Waals surface area contributed by atoms with E-state index in [2.05, 4.69) is 12.2 Å². The minimum Gasteiger partial charge on any atom is -0.459 e. The van der Waals surface area contributed by atoms with Gasteiger partial charge in [-0.2, -0.15) is 0 Å². The van der Waals surface area contributed by atoms with Crippen molar-refractivity contribution in [2.45, 2.75) is 26.2 Å². The van der Waals surface area contributed by atoms with Crippen LogP contribution in [0.5, 0.6) is 0 Å². The molecule has 1 aromatic carbocycles. The molecule has 3 amide bonds. The van der Waals surface area contributed by atoms with Gasteiger partial charge >= 0.3 is 0 Å². The molecule has 0 aliphatic carbocycles. The van der Waals surface area contributed by atoms with Gasteiger partial charge < -0.3 is 19.5 Å². The van der Waals surface area contributed by atoms with Crippen LogP contribution in [0.1, 0.15) is 57.5 Å². The Balaban J connectivity index is 1.51. The fraction of sp³-hybridized carbons (Fsp3) is 0.409. The van der Waals surface area contributed by atoms with Crippen molar-refractivity contribution >= 4 is 17.7 Å². The van der Waals surface area contributed by atoms with Crippen molar-refractivity contribution in [3.05, 3.63) is 59.5 Å². The molecule has 154 valence electrons. The van der Waals surface area contributed by atoms with E-state index in [1.165, 1.54) is 6.26 Å². The Morgan fingerprint density at radius 1 is 0.897 bits per heavy atom. The highest BCUT2D eigenvalue weighted by Gasteiger charge is 2.26. The van der Waals surface area contributed by atoms with Crippen LogP contribution in [0.25, 0.3) is 0 Å². The number of carbonyl (C=O) groups is 3. The summed E-state index contributed by atoms with van der Waals surface area (Å²) in [5, 5.41) is 2.89. The van der Waals surface area contributed by atoms with Gasteiger partial charge in [0.1, 0.15) is 0 Å². The van der Waals surface area contributed by atoms with E-state index < -0.39 is 0 Å². The second-order valence-corrected chi connectivity index (χ2v) is 7.10. The van der Waals surface area contributed by atoms with Gasteiger partial charge in [0.05, 0.1) is 6.26 Å². The van der Waals surface area contributed by atoms with E-state index in [0.717, 1.165) is 19.3 Å². The van der Waals surface area contributed by atoms with Gasteiger partial charge in [-0.15, -0.1) is 0 Å². The van der Waals surface area contributed by atoms with Crippen molar-refractivity contribution in [2.75, 3.05) is 32.7 Å². The van der Waals surface area contributed by atoms with Crippen molar-refractivity contribution in [3.8, 4) is 0 Å². The standard InChI is InChI=1S/C22H27N3O4/c1-2-3-4-11-23-20(26)17-7-9-18(10-8-17)21(27)24-12-14-25(15-13-24)22(28)19-6-5-16-29-19/h5-10,16H,2-4,11-15H2,1H3,(H,23,26). The van der Waals surface area contributed by atoms with Crippen molar-refractivity contribution in [1.29, 1.82) is 0 Å². The average molecular weight is 397 g/mol. The number of carbonyl (C=O) groups excluding carboxylic acids is 3. The van der Waals surface area contributed by atoms with Gasteiger partial charge in [0.15, 0.2) is 5.76 Å². The summed E-state index contributed by atoms with van der Waals surface area (Å²) >= 11 is 0. The van der Waals surface area contributed by atoms with E-state index >= 15 is 0 Å². The molecule has 7 heteroatoms.